The summed E-state index contributed by atoms with van der Waals surface area (Å²) in [6.45, 7) is 9.69. The molecule has 0 saturated heterocycles. The van der Waals surface area contributed by atoms with E-state index >= 15 is 0 Å². The number of nitrogens with zero attached hydrogens (tertiary/aromatic N) is 1. The Morgan fingerprint density at radius 2 is 1.86 bits per heavy atom. The van der Waals surface area contributed by atoms with Gasteiger partial charge in [-0.25, -0.2) is 0 Å². The Kier molecular flexibility index (Phi) is 4.94. The van der Waals surface area contributed by atoms with Gasteiger partial charge in [0.1, 0.15) is 0 Å². The minimum Gasteiger partial charge on any atom is -0.306 e. The van der Waals surface area contributed by atoms with Gasteiger partial charge in [0.25, 0.3) is 0 Å². The molecule has 0 N–H and O–H groups in total. The van der Waals surface area contributed by atoms with Crippen molar-refractivity contribution < 1.29 is 0 Å². The lowest BCUT2D eigenvalue weighted by Crippen LogP contribution is -2.22. The Morgan fingerprint density at radius 1 is 1.21 bits per heavy atom. The molecule has 1 heteroatoms. The third-order valence-electron chi connectivity index (χ3n) is 3.60. The Labute approximate surface area is 89.9 Å². The summed E-state index contributed by atoms with van der Waals surface area (Å²) in [4.78, 5) is 2.52. The quantitative estimate of drug-likeness (QED) is 0.604. The molecule has 0 radical (unpaired) electrons. The fraction of sp³-hybridized carbons (Fsp3) is 1.00. The SMILES string of the molecule is CC(C)C(C)CCCN(C)CC1CC1. The maximum Gasteiger partial charge on any atom is 0.000661 e. The molecule has 14 heavy (non-hydrogen) atoms. The highest BCUT2D eigenvalue weighted by atomic mass is 15.1. The van der Waals surface area contributed by atoms with Crippen molar-refractivity contribution in [2.75, 3.05) is 20.1 Å². The zero-order chi connectivity index (χ0) is 10.6. The summed E-state index contributed by atoms with van der Waals surface area (Å²) in [6, 6.07) is 0. The van der Waals surface area contributed by atoms with Gasteiger partial charge >= 0.3 is 0 Å². The Hall–Kier alpha value is -0.0400. The lowest BCUT2D eigenvalue weighted by atomic mass is 9.93. The largest absolute Gasteiger partial charge is 0.306 e. The standard InChI is InChI=1S/C13H27N/c1-11(2)12(3)6-5-9-14(4)10-13-7-8-13/h11-13H,5-10H2,1-4H3. The first kappa shape index (κ1) is 12.0. The third kappa shape index (κ3) is 4.99. The van der Waals surface area contributed by atoms with Crippen LogP contribution in [0.4, 0.5) is 0 Å². The van der Waals surface area contributed by atoms with Gasteiger partial charge in [0.05, 0.1) is 0 Å². The van der Waals surface area contributed by atoms with Crippen molar-refractivity contribution >= 4 is 0 Å². The predicted molar refractivity (Wildman–Crippen MR) is 63.5 cm³/mol. The second kappa shape index (κ2) is 5.75. The van der Waals surface area contributed by atoms with E-state index < -0.39 is 0 Å². The topological polar surface area (TPSA) is 3.24 Å². The first-order chi connectivity index (χ1) is 6.59. The maximum absolute atomic E-state index is 2.52. The van der Waals surface area contributed by atoms with Crippen LogP contribution >= 0.6 is 0 Å². The van der Waals surface area contributed by atoms with E-state index in [1.54, 1.807) is 0 Å². The monoisotopic (exact) mass is 197 g/mol. The zero-order valence-electron chi connectivity index (χ0n) is 10.4. The molecule has 0 bridgehead atoms. The second-order valence-corrected chi connectivity index (χ2v) is 5.57. The van der Waals surface area contributed by atoms with Crippen molar-refractivity contribution in [1.82, 2.24) is 4.90 Å². The van der Waals surface area contributed by atoms with Gasteiger partial charge in [-0.05, 0) is 57.0 Å². The predicted octanol–water partition coefficient (Wildman–Crippen LogP) is 3.40. The normalized spacial score (nSPS) is 19.3. The Balaban J connectivity index is 1.96. The van der Waals surface area contributed by atoms with Crippen molar-refractivity contribution in [2.45, 2.75) is 46.5 Å². The highest BCUT2D eigenvalue weighted by molar-refractivity contribution is 4.76. The van der Waals surface area contributed by atoms with Crippen molar-refractivity contribution in [3.05, 3.63) is 0 Å². The molecular formula is C13H27N. The van der Waals surface area contributed by atoms with Crippen molar-refractivity contribution in [3.63, 3.8) is 0 Å². The van der Waals surface area contributed by atoms with Crippen LogP contribution in [0.2, 0.25) is 0 Å². The van der Waals surface area contributed by atoms with Crippen LogP contribution < -0.4 is 0 Å². The van der Waals surface area contributed by atoms with Crippen LogP contribution in [0.5, 0.6) is 0 Å². The molecule has 0 aromatic heterocycles. The molecule has 1 atom stereocenters. The van der Waals surface area contributed by atoms with Gasteiger partial charge in [0.2, 0.25) is 0 Å². The molecule has 0 aromatic rings. The summed E-state index contributed by atoms with van der Waals surface area (Å²) in [5.74, 6) is 2.79. The summed E-state index contributed by atoms with van der Waals surface area (Å²) < 4.78 is 0. The molecule has 0 aliphatic heterocycles. The van der Waals surface area contributed by atoms with Crippen molar-refractivity contribution in [1.29, 1.82) is 0 Å². The smallest absolute Gasteiger partial charge is 0.000661 e. The van der Waals surface area contributed by atoms with E-state index in [4.69, 9.17) is 0 Å². The summed E-state index contributed by atoms with van der Waals surface area (Å²) in [6.07, 6.45) is 5.73. The van der Waals surface area contributed by atoms with Gasteiger partial charge in [-0.1, -0.05) is 20.8 Å². The van der Waals surface area contributed by atoms with Crippen LogP contribution in [0, 0.1) is 17.8 Å². The van der Waals surface area contributed by atoms with Gasteiger partial charge in [0, 0.05) is 6.54 Å². The van der Waals surface area contributed by atoms with Crippen LogP contribution in [0.3, 0.4) is 0 Å². The summed E-state index contributed by atoms with van der Waals surface area (Å²) in [7, 11) is 2.28. The molecule has 0 amide bonds. The van der Waals surface area contributed by atoms with Crippen LogP contribution in [-0.2, 0) is 0 Å². The Bertz CT molecular complexity index is 149. The molecular weight excluding hydrogens is 170 g/mol. The molecule has 1 rings (SSSR count). The van der Waals surface area contributed by atoms with Gasteiger partial charge in [0.15, 0.2) is 0 Å². The van der Waals surface area contributed by atoms with Gasteiger partial charge in [-0.15, -0.1) is 0 Å². The van der Waals surface area contributed by atoms with E-state index in [1.807, 2.05) is 0 Å². The minimum atomic E-state index is 0.851. The zero-order valence-corrected chi connectivity index (χ0v) is 10.4. The molecule has 0 heterocycles. The number of hydrogen-bond donors (Lipinski definition) is 0. The molecule has 1 aliphatic rings. The van der Waals surface area contributed by atoms with E-state index in [-0.39, 0.29) is 0 Å². The van der Waals surface area contributed by atoms with Crippen molar-refractivity contribution in [2.24, 2.45) is 17.8 Å². The number of hydrogen-bond acceptors (Lipinski definition) is 1. The average molecular weight is 197 g/mol. The molecule has 1 nitrogen and oxygen atoms in total. The van der Waals surface area contributed by atoms with Crippen LogP contribution in [-0.4, -0.2) is 25.0 Å². The number of rotatable bonds is 7. The van der Waals surface area contributed by atoms with E-state index in [2.05, 4.69) is 32.7 Å². The Morgan fingerprint density at radius 3 is 2.36 bits per heavy atom. The maximum atomic E-state index is 2.52. The van der Waals surface area contributed by atoms with Gasteiger partial charge in [-0.3, -0.25) is 0 Å². The fourth-order valence-corrected chi connectivity index (χ4v) is 1.85. The molecule has 84 valence electrons. The van der Waals surface area contributed by atoms with Crippen LogP contribution in [0.25, 0.3) is 0 Å². The van der Waals surface area contributed by atoms with E-state index in [9.17, 15) is 0 Å². The first-order valence-electron chi connectivity index (χ1n) is 6.28. The third-order valence-corrected chi connectivity index (χ3v) is 3.60. The summed E-state index contributed by atoms with van der Waals surface area (Å²) in [5.41, 5.74) is 0. The van der Waals surface area contributed by atoms with Crippen molar-refractivity contribution in [3.8, 4) is 0 Å². The summed E-state index contributed by atoms with van der Waals surface area (Å²) in [5, 5.41) is 0. The van der Waals surface area contributed by atoms with Crippen LogP contribution in [0.15, 0.2) is 0 Å². The average Bonchev–Trinajstić information content (AvgIpc) is 2.87. The highest BCUT2D eigenvalue weighted by Crippen LogP contribution is 2.29. The van der Waals surface area contributed by atoms with E-state index in [1.165, 1.54) is 38.8 Å². The van der Waals surface area contributed by atoms with E-state index in [0.717, 1.165) is 17.8 Å². The van der Waals surface area contributed by atoms with E-state index in [0.29, 0.717) is 0 Å². The fourth-order valence-electron chi connectivity index (χ4n) is 1.85. The molecule has 1 aliphatic carbocycles. The molecule has 1 fully saturated rings. The molecule has 0 aromatic carbocycles. The lowest BCUT2D eigenvalue weighted by Gasteiger charge is -2.19. The molecule has 0 spiro atoms. The second-order valence-electron chi connectivity index (χ2n) is 5.57. The summed E-state index contributed by atoms with van der Waals surface area (Å²) >= 11 is 0. The molecule has 1 unspecified atom stereocenters. The first-order valence-corrected chi connectivity index (χ1v) is 6.28. The lowest BCUT2D eigenvalue weighted by molar-refractivity contribution is 0.290. The molecule has 1 saturated carbocycles. The van der Waals surface area contributed by atoms with Gasteiger partial charge in [-0.2, -0.15) is 0 Å². The minimum absolute atomic E-state index is 0.851. The highest BCUT2D eigenvalue weighted by Gasteiger charge is 2.22. The van der Waals surface area contributed by atoms with Gasteiger partial charge < -0.3 is 4.90 Å². The van der Waals surface area contributed by atoms with Crippen LogP contribution in [0.1, 0.15) is 46.5 Å².